The Morgan fingerprint density at radius 3 is 2.61 bits per heavy atom. The number of nitrogens with two attached hydrogens (primary N) is 1. The normalized spacial score (nSPS) is 50.2. The highest BCUT2D eigenvalue weighted by molar-refractivity contribution is 5.95. The molecule has 38 heavy (non-hydrogen) atoms. The quantitative estimate of drug-likeness (QED) is 0.431. The van der Waals surface area contributed by atoms with E-state index in [2.05, 4.69) is 11.8 Å². The van der Waals surface area contributed by atoms with Gasteiger partial charge >= 0.3 is 5.97 Å². The second kappa shape index (κ2) is 8.40. The molecule has 7 rings (SSSR count). The molecule has 6 aliphatic rings. The van der Waals surface area contributed by atoms with Crippen LogP contribution in [-0.4, -0.2) is 86.0 Å². The van der Waals surface area contributed by atoms with Crippen molar-refractivity contribution in [2.75, 3.05) is 40.2 Å². The van der Waals surface area contributed by atoms with Crippen molar-refractivity contribution in [2.45, 2.75) is 74.6 Å². The average molecular weight is 527 g/mol. The number of fused-ring (bicyclic) bond motifs is 2. The number of likely N-dealkylation sites (N-methyl/N-ethyl adjacent to an activating group) is 1. The van der Waals surface area contributed by atoms with E-state index >= 15 is 0 Å². The third kappa shape index (κ3) is 2.81. The van der Waals surface area contributed by atoms with Crippen LogP contribution in [0.15, 0.2) is 24.3 Å². The van der Waals surface area contributed by atoms with Gasteiger partial charge in [-0.1, -0.05) is 19.1 Å². The van der Waals surface area contributed by atoms with E-state index < -0.39 is 11.2 Å². The minimum atomic E-state index is -0.887. The minimum Gasteiger partial charge on any atom is -0.454 e. The highest BCUT2D eigenvalue weighted by Gasteiger charge is 2.84. The van der Waals surface area contributed by atoms with Crippen LogP contribution >= 0.6 is 0 Å². The Balaban J connectivity index is 1.39. The number of piperidine rings is 1. The van der Waals surface area contributed by atoms with Crippen LogP contribution in [0.1, 0.15) is 49.4 Å². The van der Waals surface area contributed by atoms with E-state index in [1.807, 2.05) is 19.2 Å². The van der Waals surface area contributed by atoms with Crippen molar-refractivity contribution in [2.24, 2.45) is 35.0 Å². The predicted octanol–water partition coefficient (Wildman–Crippen LogP) is 2.73. The van der Waals surface area contributed by atoms with Crippen LogP contribution in [0.2, 0.25) is 0 Å². The Morgan fingerprint density at radius 2 is 1.92 bits per heavy atom. The summed E-state index contributed by atoms with van der Waals surface area (Å²) in [6.45, 7) is 3.71. The maximum atomic E-state index is 13.7. The Morgan fingerprint density at radius 1 is 1.13 bits per heavy atom. The molecule has 1 unspecified atom stereocenters. The van der Waals surface area contributed by atoms with Gasteiger partial charge in [0.15, 0.2) is 0 Å². The number of para-hydroxylation sites is 1. The zero-order valence-corrected chi connectivity index (χ0v) is 23.0. The van der Waals surface area contributed by atoms with E-state index in [1.54, 1.807) is 26.4 Å². The topological polar surface area (TPSA) is 103 Å². The summed E-state index contributed by atoms with van der Waals surface area (Å²) >= 11 is 0. The average Bonchev–Trinajstić information content (AvgIpc) is 3.38. The Labute approximate surface area is 225 Å². The lowest BCUT2D eigenvalue weighted by atomic mass is 9.45. The molecule has 0 amide bonds. The van der Waals surface area contributed by atoms with Crippen molar-refractivity contribution in [3.05, 3.63) is 29.8 Å². The summed E-state index contributed by atoms with van der Waals surface area (Å²) in [5.74, 6) is 0.280. The molecular weight excluding hydrogens is 484 g/mol. The highest BCUT2D eigenvalue weighted by Crippen LogP contribution is 2.78. The van der Waals surface area contributed by atoms with E-state index in [0.717, 1.165) is 32.2 Å². The van der Waals surface area contributed by atoms with Gasteiger partial charge in [0.1, 0.15) is 5.60 Å². The molecule has 0 radical (unpaired) electrons. The van der Waals surface area contributed by atoms with Crippen molar-refractivity contribution < 1.29 is 28.8 Å². The summed E-state index contributed by atoms with van der Waals surface area (Å²) in [5, 5.41) is 12.7. The monoisotopic (exact) mass is 526 g/mol. The van der Waals surface area contributed by atoms with E-state index in [0.29, 0.717) is 24.2 Å². The van der Waals surface area contributed by atoms with Gasteiger partial charge in [-0.15, -0.1) is 0 Å². The molecule has 1 heterocycles. The number of esters is 1. The first kappa shape index (κ1) is 25.3. The number of nitrogen functional groups attached to an aromatic ring is 1. The van der Waals surface area contributed by atoms with Crippen molar-refractivity contribution >= 4 is 11.7 Å². The van der Waals surface area contributed by atoms with E-state index in [1.165, 1.54) is 0 Å². The number of ether oxygens (including phenoxy) is 4. The zero-order chi connectivity index (χ0) is 26.6. The fourth-order valence-electron chi connectivity index (χ4n) is 11.3. The molecule has 1 aromatic rings. The number of carbonyl (C=O) groups excluding carboxylic acids is 1. The van der Waals surface area contributed by atoms with Crippen LogP contribution in [0.25, 0.3) is 0 Å². The third-order valence-electron chi connectivity index (χ3n) is 12.2. The van der Waals surface area contributed by atoms with Gasteiger partial charge in [0.05, 0.1) is 29.5 Å². The summed E-state index contributed by atoms with van der Waals surface area (Å²) in [5.41, 5.74) is 5.31. The van der Waals surface area contributed by atoms with Crippen LogP contribution in [0.3, 0.4) is 0 Å². The van der Waals surface area contributed by atoms with Gasteiger partial charge in [0, 0.05) is 75.1 Å². The first-order valence-electron chi connectivity index (χ1n) is 14.4. The van der Waals surface area contributed by atoms with Crippen LogP contribution in [0.5, 0.6) is 0 Å². The standard InChI is InChI=1S/C30H42N2O6/c1-5-32-15-28(38-27(33)16-8-6-7-9-20(16)31)11-10-23(36-3)30-18-12-17-21(35-2)14-29(34,24(18)25(17)37-4)19(26(30)32)13-22(28)30/h6-9,17-19,21-26,34H,5,10-15,31H2,1-4H3/t17-,18-,19-,21+,22-,23+,24-,25+,26+,28?,29+,30+/m1/s1. The summed E-state index contributed by atoms with van der Waals surface area (Å²) in [4.78, 5) is 16.2. The van der Waals surface area contributed by atoms with Crippen molar-refractivity contribution in [3.63, 3.8) is 0 Å². The molecule has 5 aliphatic carbocycles. The molecule has 1 saturated heterocycles. The number of hydrogen-bond acceptors (Lipinski definition) is 8. The summed E-state index contributed by atoms with van der Waals surface area (Å²) in [6, 6.07) is 7.35. The van der Waals surface area contributed by atoms with Gasteiger partial charge in [0.2, 0.25) is 0 Å². The number of anilines is 1. The van der Waals surface area contributed by atoms with Gasteiger partial charge in [0.25, 0.3) is 0 Å². The summed E-state index contributed by atoms with van der Waals surface area (Å²) in [7, 11) is 5.40. The van der Waals surface area contributed by atoms with Gasteiger partial charge in [-0.2, -0.15) is 0 Å². The molecule has 3 N–H and O–H groups in total. The van der Waals surface area contributed by atoms with Gasteiger partial charge in [-0.05, 0) is 50.3 Å². The van der Waals surface area contributed by atoms with Crippen LogP contribution < -0.4 is 5.73 Å². The maximum absolute atomic E-state index is 13.7. The summed E-state index contributed by atoms with van der Waals surface area (Å²) < 4.78 is 25.3. The Kier molecular flexibility index (Phi) is 5.59. The first-order valence-corrected chi connectivity index (χ1v) is 14.4. The fourth-order valence-corrected chi connectivity index (χ4v) is 11.3. The number of carbonyl (C=O) groups is 1. The van der Waals surface area contributed by atoms with E-state index in [9.17, 15) is 9.90 Å². The van der Waals surface area contributed by atoms with Crippen LogP contribution in [-0.2, 0) is 18.9 Å². The SMILES string of the molecule is CCN1CC2(OC(=O)c3ccccc3N)CC[C@H](OC)[C@]34[C@@H]5C[C@H]6[C@H](OC)[C@@H]5[C@](O)(C[C@@H]6OC)[C@H](C[C@H]23)[C@H]14. The number of rotatable bonds is 6. The molecule has 208 valence electrons. The fraction of sp³-hybridized carbons (Fsp3) is 0.767. The third-order valence-corrected chi connectivity index (χ3v) is 12.2. The molecule has 1 aliphatic heterocycles. The number of benzene rings is 1. The zero-order valence-electron chi connectivity index (χ0n) is 23.0. The number of hydrogen-bond donors (Lipinski definition) is 2. The van der Waals surface area contributed by atoms with E-state index in [-0.39, 0.29) is 65.3 Å². The van der Waals surface area contributed by atoms with Crippen LogP contribution in [0, 0.1) is 35.0 Å². The molecule has 1 spiro atoms. The molecule has 6 fully saturated rings. The van der Waals surface area contributed by atoms with Gasteiger partial charge in [-0.25, -0.2) is 4.79 Å². The minimum absolute atomic E-state index is 0.0231. The Bertz CT molecular complexity index is 1130. The number of methoxy groups -OCH3 is 3. The molecule has 8 heteroatoms. The molecule has 1 aromatic carbocycles. The largest absolute Gasteiger partial charge is 0.454 e. The van der Waals surface area contributed by atoms with Crippen molar-refractivity contribution in [1.82, 2.24) is 4.90 Å². The smallest absolute Gasteiger partial charge is 0.340 e. The predicted molar refractivity (Wildman–Crippen MR) is 140 cm³/mol. The lowest BCUT2D eigenvalue weighted by molar-refractivity contribution is -0.284. The van der Waals surface area contributed by atoms with Crippen LogP contribution in [0.4, 0.5) is 5.69 Å². The number of aliphatic hydroxyl groups is 1. The maximum Gasteiger partial charge on any atom is 0.340 e. The van der Waals surface area contributed by atoms with E-state index in [4.69, 9.17) is 24.7 Å². The van der Waals surface area contributed by atoms with Crippen molar-refractivity contribution in [1.29, 1.82) is 0 Å². The number of nitrogens with zero attached hydrogens (tertiary/aromatic N) is 1. The first-order chi connectivity index (χ1) is 18.3. The molecule has 12 atom stereocenters. The van der Waals surface area contributed by atoms with Gasteiger partial charge in [-0.3, -0.25) is 4.90 Å². The highest BCUT2D eigenvalue weighted by atomic mass is 16.6. The lowest BCUT2D eigenvalue weighted by Gasteiger charge is -2.69. The molecule has 5 saturated carbocycles. The van der Waals surface area contributed by atoms with Crippen molar-refractivity contribution in [3.8, 4) is 0 Å². The lowest BCUT2D eigenvalue weighted by Crippen LogP contribution is -2.78. The second-order valence-electron chi connectivity index (χ2n) is 12.9. The molecular formula is C30H42N2O6. The summed E-state index contributed by atoms with van der Waals surface area (Å²) in [6.07, 6.45) is 3.96. The molecule has 7 bridgehead atoms. The Hall–Kier alpha value is -1.71. The molecule has 8 nitrogen and oxygen atoms in total. The second-order valence-corrected chi connectivity index (χ2v) is 12.9. The van der Waals surface area contributed by atoms with Gasteiger partial charge < -0.3 is 29.8 Å². The number of likely N-dealkylation sites (tertiary alicyclic amines) is 1. The molecule has 0 aromatic heterocycles.